The SMILES string of the molecule is C=C(Cl)CSc1nnc(-c2ccc(Cl)cc2)n1CC. The van der Waals surface area contributed by atoms with Gasteiger partial charge in [-0.15, -0.1) is 10.2 Å². The van der Waals surface area contributed by atoms with Crippen LogP contribution in [0, 0.1) is 0 Å². The van der Waals surface area contributed by atoms with Crippen molar-refractivity contribution in [1.29, 1.82) is 0 Å². The van der Waals surface area contributed by atoms with Gasteiger partial charge in [0.2, 0.25) is 0 Å². The molecule has 3 nitrogen and oxygen atoms in total. The molecular formula is C13H13Cl2N3S. The number of hydrogen-bond acceptors (Lipinski definition) is 3. The van der Waals surface area contributed by atoms with E-state index in [1.165, 1.54) is 11.8 Å². The van der Waals surface area contributed by atoms with Crippen molar-refractivity contribution in [2.45, 2.75) is 18.6 Å². The van der Waals surface area contributed by atoms with Gasteiger partial charge in [0.25, 0.3) is 0 Å². The van der Waals surface area contributed by atoms with Crippen molar-refractivity contribution in [3.63, 3.8) is 0 Å². The van der Waals surface area contributed by atoms with Gasteiger partial charge in [0, 0.05) is 27.9 Å². The Kier molecular flexibility index (Phi) is 4.91. The predicted octanol–water partition coefficient (Wildman–Crippen LogP) is 4.46. The Morgan fingerprint density at radius 2 is 2.00 bits per heavy atom. The lowest BCUT2D eigenvalue weighted by atomic mass is 10.2. The minimum atomic E-state index is 0.601. The number of thioether (sulfide) groups is 1. The largest absolute Gasteiger partial charge is 0.302 e. The third-order valence-electron chi connectivity index (χ3n) is 2.49. The molecule has 0 saturated heterocycles. The fraction of sp³-hybridized carbons (Fsp3) is 0.231. The molecule has 0 radical (unpaired) electrons. The molecule has 1 aromatic carbocycles. The Bertz CT molecular complexity index is 578. The molecule has 2 aromatic rings. The lowest BCUT2D eigenvalue weighted by Gasteiger charge is -2.07. The van der Waals surface area contributed by atoms with Crippen LogP contribution in [0.1, 0.15) is 6.92 Å². The summed E-state index contributed by atoms with van der Waals surface area (Å²) in [6.45, 7) is 6.52. The van der Waals surface area contributed by atoms with Crippen LogP contribution in [0.25, 0.3) is 11.4 Å². The van der Waals surface area contributed by atoms with Gasteiger partial charge in [0.1, 0.15) is 0 Å². The summed E-state index contributed by atoms with van der Waals surface area (Å²) in [4.78, 5) is 0. The second-order valence-corrected chi connectivity index (χ2v) is 5.78. The van der Waals surface area contributed by atoms with E-state index in [0.717, 1.165) is 23.1 Å². The highest BCUT2D eigenvalue weighted by Crippen LogP contribution is 2.26. The van der Waals surface area contributed by atoms with Crippen molar-refractivity contribution >= 4 is 35.0 Å². The van der Waals surface area contributed by atoms with Crippen LogP contribution >= 0.6 is 35.0 Å². The molecule has 0 fully saturated rings. The van der Waals surface area contributed by atoms with Crippen molar-refractivity contribution in [1.82, 2.24) is 14.8 Å². The van der Waals surface area contributed by atoms with Crippen molar-refractivity contribution in [2.24, 2.45) is 0 Å². The van der Waals surface area contributed by atoms with E-state index in [2.05, 4.69) is 23.7 Å². The van der Waals surface area contributed by atoms with E-state index in [0.29, 0.717) is 15.8 Å². The van der Waals surface area contributed by atoms with Crippen LogP contribution in [0.2, 0.25) is 5.02 Å². The summed E-state index contributed by atoms with van der Waals surface area (Å²) in [6.07, 6.45) is 0. The van der Waals surface area contributed by atoms with Crippen molar-refractivity contribution in [3.8, 4) is 11.4 Å². The van der Waals surface area contributed by atoms with E-state index in [1.807, 2.05) is 28.8 Å². The van der Waals surface area contributed by atoms with Gasteiger partial charge in [0.05, 0.1) is 0 Å². The van der Waals surface area contributed by atoms with Gasteiger partial charge in [-0.25, -0.2) is 0 Å². The van der Waals surface area contributed by atoms with Gasteiger partial charge in [-0.1, -0.05) is 41.5 Å². The average molecular weight is 314 g/mol. The van der Waals surface area contributed by atoms with E-state index in [4.69, 9.17) is 23.2 Å². The Morgan fingerprint density at radius 3 is 2.58 bits per heavy atom. The maximum absolute atomic E-state index is 5.89. The highest BCUT2D eigenvalue weighted by atomic mass is 35.5. The molecule has 1 heterocycles. The van der Waals surface area contributed by atoms with Crippen molar-refractivity contribution < 1.29 is 0 Å². The normalized spacial score (nSPS) is 10.7. The third kappa shape index (κ3) is 3.53. The van der Waals surface area contributed by atoms with E-state index in [-0.39, 0.29) is 0 Å². The zero-order chi connectivity index (χ0) is 13.8. The highest BCUT2D eigenvalue weighted by Gasteiger charge is 2.13. The Balaban J connectivity index is 2.31. The fourth-order valence-electron chi connectivity index (χ4n) is 1.64. The quantitative estimate of drug-likeness (QED) is 0.763. The van der Waals surface area contributed by atoms with Gasteiger partial charge < -0.3 is 4.57 Å². The fourth-order valence-corrected chi connectivity index (χ4v) is 2.68. The first-order valence-corrected chi connectivity index (χ1v) is 7.51. The number of halogens is 2. The first-order valence-electron chi connectivity index (χ1n) is 5.77. The lowest BCUT2D eigenvalue weighted by Crippen LogP contribution is -2.00. The molecule has 0 atom stereocenters. The molecule has 0 N–H and O–H groups in total. The van der Waals surface area contributed by atoms with Crippen LogP contribution in [0.5, 0.6) is 0 Å². The lowest BCUT2D eigenvalue weighted by molar-refractivity contribution is 0.688. The Hall–Kier alpha value is -0.970. The minimum absolute atomic E-state index is 0.601. The van der Waals surface area contributed by atoms with Gasteiger partial charge in [0.15, 0.2) is 11.0 Å². The monoisotopic (exact) mass is 313 g/mol. The summed E-state index contributed by atoms with van der Waals surface area (Å²) >= 11 is 13.2. The van der Waals surface area contributed by atoms with Crippen LogP contribution < -0.4 is 0 Å². The summed E-state index contributed by atoms with van der Waals surface area (Å²) in [5.74, 6) is 1.46. The molecule has 100 valence electrons. The Morgan fingerprint density at radius 1 is 1.32 bits per heavy atom. The molecule has 0 amide bonds. The van der Waals surface area contributed by atoms with E-state index in [1.54, 1.807) is 0 Å². The first kappa shape index (κ1) is 14.4. The molecule has 19 heavy (non-hydrogen) atoms. The predicted molar refractivity (Wildman–Crippen MR) is 81.9 cm³/mol. The zero-order valence-electron chi connectivity index (χ0n) is 10.4. The number of aromatic nitrogens is 3. The highest BCUT2D eigenvalue weighted by molar-refractivity contribution is 7.99. The smallest absolute Gasteiger partial charge is 0.191 e. The van der Waals surface area contributed by atoms with Crippen LogP contribution in [0.4, 0.5) is 0 Å². The molecular weight excluding hydrogens is 301 g/mol. The second kappa shape index (κ2) is 6.46. The number of benzene rings is 1. The minimum Gasteiger partial charge on any atom is -0.302 e. The van der Waals surface area contributed by atoms with Crippen LogP contribution in [-0.2, 0) is 6.54 Å². The summed E-state index contributed by atoms with van der Waals surface area (Å²) < 4.78 is 2.05. The molecule has 2 rings (SSSR count). The van der Waals surface area contributed by atoms with E-state index >= 15 is 0 Å². The standard InChI is InChI=1S/C13H13Cl2N3S/c1-3-18-12(10-4-6-11(15)7-5-10)16-17-13(18)19-8-9(2)14/h4-7H,2-3,8H2,1H3. The summed E-state index contributed by atoms with van der Waals surface area (Å²) in [6, 6.07) is 7.57. The molecule has 0 aliphatic heterocycles. The zero-order valence-corrected chi connectivity index (χ0v) is 12.8. The second-order valence-electron chi connectivity index (χ2n) is 3.86. The van der Waals surface area contributed by atoms with E-state index in [9.17, 15) is 0 Å². The number of rotatable bonds is 5. The summed E-state index contributed by atoms with van der Waals surface area (Å²) in [5.41, 5.74) is 0.996. The van der Waals surface area contributed by atoms with Gasteiger partial charge in [-0.3, -0.25) is 0 Å². The maximum Gasteiger partial charge on any atom is 0.191 e. The number of nitrogens with zero attached hydrogens (tertiary/aromatic N) is 3. The molecule has 0 spiro atoms. The molecule has 6 heteroatoms. The molecule has 0 aliphatic rings. The van der Waals surface area contributed by atoms with Gasteiger partial charge >= 0.3 is 0 Å². The van der Waals surface area contributed by atoms with Crippen molar-refractivity contribution in [3.05, 3.63) is 40.9 Å². The summed E-state index contributed by atoms with van der Waals surface area (Å²) in [5, 5.41) is 10.6. The number of hydrogen-bond donors (Lipinski definition) is 0. The molecule has 1 aromatic heterocycles. The molecule has 0 aliphatic carbocycles. The average Bonchev–Trinajstić information content (AvgIpc) is 2.80. The van der Waals surface area contributed by atoms with Crippen LogP contribution in [0.15, 0.2) is 41.0 Å². The third-order valence-corrected chi connectivity index (χ3v) is 4.09. The topological polar surface area (TPSA) is 30.7 Å². The first-order chi connectivity index (χ1) is 9.11. The molecule has 0 unspecified atom stereocenters. The summed E-state index contributed by atoms with van der Waals surface area (Å²) in [7, 11) is 0. The van der Waals surface area contributed by atoms with E-state index < -0.39 is 0 Å². The van der Waals surface area contributed by atoms with Crippen LogP contribution in [0.3, 0.4) is 0 Å². The van der Waals surface area contributed by atoms with Gasteiger partial charge in [-0.05, 0) is 31.2 Å². The molecule has 0 saturated carbocycles. The Labute approximate surface area is 126 Å². The van der Waals surface area contributed by atoms with Gasteiger partial charge in [-0.2, -0.15) is 0 Å². The molecule has 0 bridgehead atoms. The van der Waals surface area contributed by atoms with Crippen LogP contribution in [-0.4, -0.2) is 20.5 Å². The van der Waals surface area contributed by atoms with Crippen molar-refractivity contribution in [2.75, 3.05) is 5.75 Å². The maximum atomic E-state index is 5.89.